The van der Waals surface area contributed by atoms with Crippen LogP contribution < -0.4 is 0 Å². The molecule has 0 aliphatic heterocycles. The van der Waals surface area contributed by atoms with E-state index in [9.17, 15) is 0 Å². The fraction of sp³-hybridized carbons (Fsp3) is 0. The number of aromatic nitrogens is 2. The largest absolute Gasteiger partial charge is 0.359 e. The molecule has 20 heavy (non-hydrogen) atoms. The smallest absolute Gasteiger partial charge is 0.295 e. The zero-order chi connectivity index (χ0) is 13.1. The van der Waals surface area contributed by atoms with E-state index in [1.54, 1.807) is 16.9 Å². The first-order chi connectivity index (χ1) is 9.38. The second kappa shape index (κ2) is 6.29. The molecular weight excluding hydrogens is 426 g/mol. The molecule has 0 saturated carbocycles. The Labute approximate surface area is 131 Å². The average Bonchev–Trinajstić information content (AvgIpc) is 2.97. The molecule has 0 amide bonds. The summed E-state index contributed by atoms with van der Waals surface area (Å²) in [5.41, 5.74) is 3.00. The van der Waals surface area contributed by atoms with Gasteiger partial charge in [0.15, 0.2) is 0 Å². The molecule has 99 valence electrons. The molecule has 3 aromatic rings. The molecule has 1 radical (unpaired) electrons. The zero-order valence-corrected chi connectivity index (χ0v) is 12.8. The van der Waals surface area contributed by atoms with E-state index in [-0.39, 0.29) is 20.1 Å². The van der Waals surface area contributed by atoms with Crippen LogP contribution in [0.4, 0.5) is 5.82 Å². The minimum Gasteiger partial charge on any atom is -0.359 e. The standard InChI is InChI=1S/C16H10N3.Ir/c1-17-16-11-12-19(18-16)15-10-6-5-9-14(15)13-7-3-2-4-8-13;/h2-9,11-12H;/q-1;. The number of rotatable bonds is 2. The number of hydrogen-bond acceptors (Lipinski definition) is 1. The summed E-state index contributed by atoms with van der Waals surface area (Å²) in [5, 5.41) is 4.22. The molecule has 0 fully saturated rings. The maximum atomic E-state index is 6.98. The van der Waals surface area contributed by atoms with Crippen molar-refractivity contribution < 1.29 is 20.1 Å². The van der Waals surface area contributed by atoms with Crippen LogP contribution in [-0.4, -0.2) is 9.78 Å². The molecule has 0 unspecified atom stereocenters. The Morgan fingerprint density at radius 3 is 2.55 bits per heavy atom. The van der Waals surface area contributed by atoms with Gasteiger partial charge in [0.05, 0.1) is 0 Å². The average molecular weight is 436 g/mol. The predicted octanol–water partition coefficient (Wildman–Crippen LogP) is 3.89. The van der Waals surface area contributed by atoms with E-state index >= 15 is 0 Å². The van der Waals surface area contributed by atoms with Crippen LogP contribution in [0.15, 0.2) is 60.8 Å². The molecule has 0 N–H and O–H groups in total. The van der Waals surface area contributed by atoms with Gasteiger partial charge in [0.1, 0.15) is 0 Å². The minimum absolute atomic E-state index is 0. The fourth-order valence-electron chi connectivity index (χ4n) is 1.97. The van der Waals surface area contributed by atoms with Crippen LogP contribution in [0.2, 0.25) is 0 Å². The third kappa shape index (κ3) is 2.70. The Morgan fingerprint density at radius 1 is 1.05 bits per heavy atom. The van der Waals surface area contributed by atoms with Gasteiger partial charge in [0.25, 0.3) is 5.82 Å². The summed E-state index contributed by atoms with van der Waals surface area (Å²) in [4.78, 5) is 3.32. The summed E-state index contributed by atoms with van der Waals surface area (Å²) < 4.78 is 1.69. The van der Waals surface area contributed by atoms with E-state index in [1.165, 1.54) is 0 Å². The summed E-state index contributed by atoms with van der Waals surface area (Å²) in [6, 6.07) is 20.8. The van der Waals surface area contributed by atoms with Crippen LogP contribution in [0, 0.1) is 12.6 Å². The normalized spacial score (nSPS) is 9.55. The molecule has 0 aliphatic carbocycles. The van der Waals surface area contributed by atoms with Gasteiger partial charge in [-0.1, -0.05) is 42.5 Å². The van der Waals surface area contributed by atoms with Crippen molar-refractivity contribution in [2.45, 2.75) is 0 Å². The van der Waals surface area contributed by atoms with Gasteiger partial charge >= 0.3 is 0 Å². The van der Waals surface area contributed by atoms with Gasteiger partial charge in [-0.3, -0.25) is 0 Å². The maximum absolute atomic E-state index is 6.98. The van der Waals surface area contributed by atoms with Crippen molar-refractivity contribution in [3.63, 3.8) is 0 Å². The van der Waals surface area contributed by atoms with Crippen LogP contribution >= 0.6 is 0 Å². The van der Waals surface area contributed by atoms with E-state index in [1.807, 2.05) is 48.5 Å². The van der Waals surface area contributed by atoms with Gasteiger partial charge in [0.2, 0.25) is 0 Å². The summed E-state index contributed by atoms with van der Waals surface area (Å²) in [6.07, 6.45) is 1.78. The van der Waals surface area contributed by atoms with Crippen LogP contribution in [0.5, 0.6) is 0 Å². The second-order valence-corrected chi connectivity index (χ2v) is 4.03. The molecule has 0 spiro atoms. The van der Waals surface area contributed by atoms with Gasteiger partial charge in [0, 0.05) is 26.3 Å². The van der Waals surface area contributed by atoms with Crippen LogP contribution in [-0.2, 0) is 20.1 Å². The Hall–Kier alpha value is -2.21. The maximum Gasteiger partial charge on any atom is 0.295 e. The van der Waals surface area contributed by atoms with Crippen molar-refractivity contribution in [2.24, 2.45) is 0 Å². The Balaban J connectivity index is 0.00000147. The van der Waals surface area contributed by atoms with Crippen LogP contribution in [0.25, 0.3) is 21.7 Å². The molecule has 2 aromatic carbocycles. The summed E-state index contributed by atoms with van der Waals surface area (Å²) >= 11 is 0. The number of benzene rings is 2. The number of nitrogens with zero attached hydrogens (tertiary/aromatic N) is 3. The van der Waals surface area contributed by atoms with E-state index in [4.69, 9.17) is 6.57 Å². The van der Waals surface area contributed by atoms with Crippen molar-refractivity contribution in [3.05, 3.63) is 78.3 Å². The van der Waals surface area contributed by atoms with Crippen molar-refractivity contribution >= 4 is 5.82 Å². The first kappa shape index (κ1) is 14.2. The van der Waals surface area contributed by atoms with Crippen molar-refractivity contribution in [2.75, 3.05) is 0 Å². The summed E-state index contributed by atoms with van der Waals surface area (Å²) in [6.45, 7) is 6.98. The molecule has 0 aliphatic rings. The topological polar surface area (TPSA) is 22.2 Å². The molecule has 1 aromatic heterocycles. The van der Waals surface area contributed by atoms with Gasteiger partial charge in [-0.05, 0) is 16.9 Å². The van der Waals surface area contributed by atoms with E-state index in [0.29, 0.717) is 5.82 Å². The molecule has 3 rings (SSSR count). The predicted molar refractivity (Wildman–Crippen MR) is 74.1 cm³/mol. The van der Waals surface area contributed by atoms with Gasteiger partial charge < -0.3 is 4.85 Å². The molecule has 3 nitrogen and oxygen atoms in total. The minimum atomic E-state index is 0. The molecule has 0 saturated heterocycles. The van der Waals surface area contributed by atoms with E-state index < -0.39 is 0 Å². The molecule has 0 atom stereocenters. The third-order valence-corrected chi connectivity index (χ3v) is 2.84. The molecule has 0 bridgehead atoms. The van der Waals surface area contributed by atoms with Crippen LogP contribution in [0.1, 0.15) is 0 Å². The number of hydrogen-bond donors (Lipinski definition) is 0. The summed E-state index contributed by atoms with van der Waals surface area (Å²) in [7, 11) is 0. The van der Waals surface area contributed by atoms with E-state index in [0.717, 1.165) is 16.8 Å². The molecule has 1 heterocycles. The first-order valence-electron chi connectivity index (χ1n) is 5.88. The summed E-state index contributed by atoms with van der Waals surface area (Å²) in [5.74, 6) is 0.385. The third-order valence-electron chi connectivity index (χ3n) is 2.84. The van der Waals surface area contributed by atoms with Gasteiger partial charge in [-0.25, -0.2) is 0 Å². The number of para-hydroxylation sites is 1. The monoisotopic (exact) mass is 437 g/mol. The van der Waals surface area contributed by atoms with Crippen LogP contribution in [0.3, 0.4) is 0 Å². The van der Waals surface area contributed by atoms with Gasteiger partial charge in [-0.2, -0.15) is 28.9 Å². The first-order valence-corrected chi connectivity index (χ1v) is 5.88. The quantitative estimate of drug-likeness (QED) is 0.559. The van der Waals surface area contributed by atoms with Crippen molar-refractivity contribution in [1.82, 2.24) is 9.78 Å². The van der Waals surface area contributed by atoms with Gasteiger partial charge in [-0.15, -0.1) is 5.56 Å². The fourth-order valence-corrected chi connectivity index (χ4v) is 1.97. The van der Waals surface area contributed by atoms with Crippen molar-refractivity contribution in [3.8, 4) is 16.8 Å². The Kier molecular flexibility index (Phi) is 4.47. The molecule has 4 heteroatoms. The Bertz CT molecular complexity index is 742. The zero-order valence-electron chi connectivity index (χ0n) is 10.4. The Morgan fingerprint density at radius 2 is 1.85 bits per heavy atom. The van der Waals surface area contributed by atoms with E-state index in [2.05, 4.69) is 16.0 Å². The second-order valence-electron chi connectivity index (χ2n) is 4.03. The molecular formula is C16H10IrN3-. The SMILES string of the molecule is [C-]#[N+]c1ccn(-c2[c-]cccc2-c2ccccc2)n1.[Ir]. The van der Waals surface area contributed by atoms with Crippen molar-refractivity contribution in [1.29, 1.82) is 0 Å².